The molecule has 0 radical (unpaired) electrons. The molecular formula is C7H12O3Si. The maximum Gasteiger partial charge on any atom is 0.345 e. The first-order valence-electron chi connectivity index (χ1n) is 3.26. The number of carbonyl (C=O) groups is 1. The van der Waals surface area contributed by atoms with Crippen LogP contribution in [0.2, 0.25) is 19.6 Å². The fourth-order valence-electron chi connectivity index (χ4n) is 0.347. The molecular weight excluding hydrogens is 160 g/mol. The molecule has 0 aromatic heterocycles. The summed E-state index contributed by atoms with van der Waals surface area (Å²) in [5, 5.41) is 17.0. The molecule has 1 unspecified atom stereocenters. The third-order valence-corrected chi connectivity index (χ3v) is 1.71. The fraction of sp³-hybridized carbons (Fsp3) is 0.571. The minimum Gasteiger partial charge on any atom is -0.479 e. The Balaban J connectivity index is 4.19. The van der Waals surface area contributed by atoms with Gasteiger partial charge in [-0.3, -0.25) is 0 Å². The number of hydrogen-bond donors (Lipinski definition) is 2. The van der Waals surface area contributed by atoms with E-state index in [1.165, 1.54) is 0 Å². The van der Waals surface area contributed by atoms with Crippen molar-refractivity contribution in [2.24, 2.45) is 0 Å². The van der Waals surface area contributed by atoms with Crippen molar-refractivity contribution in [2.45, 2.75) is 25.7 Å². The number of aliphatic hydroxyl groups excluding tert-OH is 1. The Kier molecular flexibility index (Phi) is 3.30. The lowest BCUT2D eigenvalue weighted by molar-refractivity contribution is -0.143. The van der Waals surface area contributed by atoms with Gasteiger partial charge in [-0.05, 0) is 0 Å². The summed E-state index contributed by atoms with van der Waals surface area (Å²) in [7, 11) is -1.55. The van der Waals surface area contributed by atoms with E-state index < -0.39 is 20.1 Å². The number of hydrogen-bond acceptors (Lipinski definition) is 2. The number of carboxylic acids is 1. The molecule has 1 atom stereocenters. The zero-order chi connectivity index (χ0) is 9.07. The van der Waals surface area contributed by atoms with Crippen LogP contribution in [-0.2, 0) is 4.79 Å². The van der Waals surface area contributed by atoms with Crippen LogP contribution in [0.5, 0.6) is 0 Å². The highest BCUT2D eigenvalue weighted by Gasteiger charge is 2.11. The molecule has 62 valence electrons. The molecule has 0 aliphatic heterocycles. The molecule has 0 bridgehead atoms. The van der Waals surface area contributed by atoms with Crippen molar-refractivity contribution in [3.8, 4) is 11.5 Å². The molecule has 0 heterocycles. The second kappa shape index (κ2) is 3.56. The summed E-state index contributed by atoms with van der Waals surface area (Å²) in [6.07, 6.45) is -1.53. The smallest absolute Gasteiger partial charge is 0.345 e. The molecule has 0 rings (SSSR count). The van der Waals surface area contributed by atoms with Gasteiger partial charge in [-0.15, -0.1) is 5.54 Å². The highest BCUT2D eigenvalue weighted by atomic mass is 28.3. The van der Waals surface area contributed by atoms with Gasteiger partial charge in [0.15, 0.2) is 0 Å². The Hall–Kier alpha value is -0.793. The van der Waals surface area contributed by atoms with Crippen molar-refractivity contribution >= 4 is 14.0 Å². The first-order chi connectivity index (χ1) is 4.83. The topological polar surface area (TPSA) is 57.5 Å². The van der Waals surface area contributed by atoms with E-state index in [2.05, 4.69) is 11.5 Å². The van der Waals surface area contributed by atoms with E-state index in [9.17, 15) is 4.79 Å². The summed E-state index contributed by atoms with van der Waals surface area (Å²) in [5.41, 5.74) is 2.76. The zero-order valence-corrected chi connectivity index (χ0v) is 7.88. The fourth-order valence-corrected chi connectivity index (χ4v) is 0.916. The second-order valence-corrected chi connectivity index (χ2v) is 8.01. The summed E-state index contributed by atoms with van der Waals surface area (Å²) in [6.45, 7) is 5.94. The molecule has 0 amide bonds. The summed E-state index contributed by atoms with van der Waals surface area (Å²) in [6, 6.07) is 0. The Bertz CT molecular complexity index is 206. The van der Waals surface area contributed by atoms with Crippen molar-refractivity contribution < 1.29 is 15.0 Å². The first-order valence-corrected chi connectivity index (χ1v) is 6.76. The van der Waals surface area contributed by atoms with Crippen molar-refractivity contribution in [3.05, 3.63) is 0 Å². The van der Waals surface area contributed by atoms with Crippen LogP contribution in [0.1, 0.15) is 0 Å². The van der Waals surface area contributed by atoms with E-state index in [0.29, 0.717) is 0 Å². The van der Waals surface area contributed by atoms with E-state index in [4.69, 9.17) is 10.2 Å². The summed E-state index contributed by atoms with van der Waals surface area (Å²) < 4.78 is 0. The first kappa shape index (κ1) is 10.2. The molecule has 0 aromatic carbocycles. The maximum absolute atomic E-state index is 10.1. The molecule has 11 heavy (non-hydrogen) atoms. The van der Waals surface area contributed by atoms with Crippen LogP contribution >= 0.6 is 0 Å². The Morgan fingerprint density at radius 2 is 1.91 bits per heavy atom. The van der Waals surface area contributed by atoms with Gasteiger partial charge in [-0.2, -0.15) is 0 Å². The van der Waals surface area contributed by atoms with E-state index in [1.807, 2.05) is 19.6 Å². The van der Waals surface area contributed by atoms with E-state index in [0.717, 1.165) is 0 Å². The highest BCUT2D eigenvalue weighted by Crippen LogP contribution is 1.96. The predicted octanol–water partition coefficient (Wildman–Crippen LogP) is 0.313. The molecule has 0 aliphatic carbocycles. The second-order valence-electron chi connectivity index (χ2n) is 3.26. The van der Waals surface area contributed by atoms with Crippen LogP contribution in [0.25, 0.3) is 0 Å². The van der Waals surface area contributed by atoms with Crippen LogP contribution in [0.15, 0.2) is 0 Å². The Morgan fingerprint density at radius 1 is 1.45 bits per heavy atom. The molecule has 0 saturated carbocycles. The normalized spacial score (nSPS) is 13.1. The van der Waals surface area contributed by atoms with Gasteiger partial charge in [0.2, 0.25) is 6.10 Å². The van der Waals surface area contributed by atoms with E-state index >= 15 is 0 Å². The van der Waals surface area contributed by atoms with Crippen molar-refractivity contribution in [3.63, 3.8) is 0 Å². The molecule has 0 aliphatic rings. The maximum atomic E-state index is 10.1. The Labute approximate surface area is 67.1 Å². The monoisotopic (exact) mass is 172 g/mol. The van der Waals surface area contributed by atoms with Gasteiger partial charge in [-0.1, -0.05) is 25.6 Å². The minimum atomic E-state index is -1.55. The van der Waals surface area contributed by atoms with E-state index in [1.54, 1.807) is 0 Å². The van der Waals surface area contributed by atoms with Gasteiger partial charge >= 0.3 is 5.97 Å². The molecule has 3 nitrogen and oxygen atoms in total. The van der Waals surface area contributed by atoms with Crippen LogP contribution < -0.4 is 0 Å². The lowest BCUT2D eigenvalue weighted by Crippen LogP contribution is -2.21. The molecule has 2 N–H and O–H groups in total. The van der Waals surface area contributed by atoms with Crippen LogP contribution in [0.3, 0.4) is 0 Å². The third-order valence-electron chi connectivity index (χ3n) is 0.818. The summed E-state index contributed by atoms with van der Waals surface area (Å²) in [5.74, 6) is 1.01. The quantitative estimate of drug-likeness (QED) is 0.442. The van der Waals surface area contributed by atoms with Crippen LogP contribution in [-0.4, -0.2) is 30.4 Å². The molecule has 0 aromatic rings. The van der Waals surface area contributed by atoms with Gasteiger partial charge in [-0.25, -0.2) is 4.79 Å². The van der Waals surface area contributed by atoms with Gasteiger partial charge in [0.1, 0.15) is 8.07 Å². The number of carboxylic acid groups (broad SMARTS) is 1. The lowest BCUT2D eigenvalue weighted by Gasteiger charge is -2.03. The largest absolute Gasteiger partial charge is 0.479 e. The average molecular weight is 172 g/mol. The number of aliphatic hydroxyl groups is 1. The molecule has 4 heteroatoms. The number of aliphatic carboxylic acids is 1. The molecule has 0 saturated heterocycles. The standard InChI is InChI=1S/C7H12O3Si/c1-11(2,3)5-4-6(8)7(9)10/h6,8H,1-3H3,(H,9,10). The Morgan fingerprint density at radius 3 is 2.18 bits per heavy atom. The van der Waals surface area contributed by atoms with Gasteiger partial charge in [0.05, 0.1) is 0 Å². The predicted molar refractivity (Wildman–Crippen MR) is 44.8 cm³/mol. The molecule has 0 fully saturated rings. The van der Waals surface area contributed by atoms with Gasteiger partial charge in [0, 0.05) is 0 Å². The van der Waals surface area contributed by atoms with Crippen LogP contribution in [0.4, 0.5) is 0 Å². The van der Waals surface area contributed by atoms with Crippen molar-refractivity contribution in [1.82, 2.24) is 0 Å². The summed E-state index contributed by atoms with van der Waals surface area (Å²) in [4.78, 5) is 10.1. The van der Waals surface area contributed by atoms with Gasteiger partial charge in [0.25, 0.3) is 0 Å². The zero-order valence-electron chi connectivity index (χ0n) is 6.88. The highest BCUT2D eigenvalue weighted by molar-refractivity contribution is 6.83. The van der Waals surface area contributed by atoms with Crippen molar-refractivity contribution in [1.29, 1.82) is 0 Å². The summed E-state index contributed by atoms with van der Waals surface area (Å²) >= 11 is 0. The lowest BCUT2D eigenvalue weighted by atomic mass is 10.4. The van der Waals surface area contributed by atoms with Crippen molar-refractivity contribution in [2.75, 3.05) is 0 Å². The third kappa shape index (κ3) is 5.64. The van der Waals surface area contributed by atoms with E-state index in [-0.39, 0.29) is 0 Å². The SMILES string of the molecule is C[Si](C)(C)C#CC(O)C(=O)O. The average Bonchev–Trinajstić information content (AvgIpc) is 1.80. The molecule has 0 spiro atoms. The number of rotatable bonds is 1. The van der Waals surface area contributed by atoms with Crippen LogP contribution in [0, 0.1) is 11.5 Å². The van der Waals surface area contributed by atoms with Gasteiger partial charge < -0.3 is 10.2 Å². The minimum absolute atomic E-state index is 1.28.